The van der Waals surface area contributed by atoms with Gasteiger partial charge in [0.05, 0.1) is 22.5 Å². The zero-order valence-electron chi connectivity index (χ0n) is 11.6. The molecule has 3 rings (SSSR count). The van der Waals surface area contributed by atoms with Crippen LogP contribution in [0.15, 0.2) is 18.2 Å². The summed E-state index contributed by atoms with van der Waals surface area (Å²) in [5, 5.41) is -0.205. The lowest BCUT2D eigenvalue weighted by molar-refractivity contribution is 0.00621. The summed E-state index contributed by atoms with van der Waals surface area (Å²) in [4.78, 5) is 4.52. The van der Waals surface area contributed by atoms with Crippen LogP contribution < -0.4 is 0 Å². The molecule has 0 saturated carbocycles. The van der Waals surface area contributed by atoms with Gasteiger partial charge in [-0.15, -0.1) is 11.6 Å². The second-order valence-electron chi connectivity index (χ2n) is 5.45. The molecule has 0 bridgehead atoms. The van der Waals surface area contributed by atoms with Crippen molar-refractivity contribution in [1.82, 2.24) is 9.55 Å². The van der Waals surface area contributed by atoms with Crippen LogP contribution >= 0.6 is 11.6 Å². The van der Waals surface area contributed by atoms with Crippen LogP contribution in [0.25, 0.3) is 11.0 Å². The highest BCUT2D eigenvalue weighted by Gasteiger charge is 2.26. The van der Waals surface area contributed by atoms with Crippen molar-refractivity contribution >= 4 is 22.6 Å². The molecule has 3 unspecified atom stereocenters. The molecule has 0 N–H and O–H groups in total. The van der Waals surface area contributed by atoms with E-state index < -0.39 is 0 Å². The van der Waals surface area contributed by atoms with Crippen molar-refractivity contribution in [3.05, 3.63) is 29.8 Å². The lowest BCUT2D eigenvalue weighted by Gasteiger charge is -2.30. The number of imidazole rings is 1. The summed E-state index contributed by atoms with van der Waals surface area (Å²) in [5.74, 6) is 0.544. The second kappa shape index (κ2) is 5.34. The zero-order chi connectivity index (χ0) is 14.3. The molecule has 0 aliphatic carbocycles. The minimum absolute atomic E-state index is 0.205. The summed E-state index contributed by atoms with van der Waals surface area (Å²) in [5.41, 5.74) is 1.62. The van der Waals surface area contributed by atoms with Crippen molar-refractivity contribution in [2.75, 3.05) is 6.61 Å². The number of rotatable bonds is 2. The van der Waals surface area contributed by atoms with Gasteiger partial charge in [0.2, 0.25) is 0 Å². The number of hydrogen-bond donors (Lipinski definition) is 0. The van der Waals surface area contributed by atoms with Crippen molar-refractivity contribution in [3.8, 4) is 0 Å². The van der Waals surface area contributed by atoms with Gasteiger partial charge in [0.1, 0.15) is 11.6 Å². The molecule has 5 heteroatoms. The van der Waals surface area contributed by atoms with Crippen molar-refractivity contribution in [2.45, 2.75) is 44.2 Å². The Labute approximate surface area is 122 Å². The normalized spacial score (nSPS) is 25.0. The molecule has 0 radical (unpaired) electrons. The van der Waals surface area contributed by atoms with Gasteiger partial charge in [-0.25, -0.2) is 9.37 Å². The van der Waals surface area contributed by atoms with E-state index in [4.69, 9.17) is 16.3 Å². The van der Waals surface area contributed by atoms with E-state index in [0.29, 0.717) is 11.6 Å². The third-order valence-corrected chi connectivity index (χ3v) is 4.05. The predicted molar refractivity (Wildman–Crippen MR) is 77.6 cm³/mol. The Bertz CT molecular complexity index is 626. The van der Waals surface area contributed by atoms with Crippen LogP contribution in [-0.2, 0) is 4.74 Å². The molecule has 1 aliphatic rings. The first-order valence-corrected chi connectivity index (χ1v) is 7.43. The summed E-state index contributed by atoms with van der Waals surface area (Å²) in [6.45, 7) is 4.72. The van der Waals surface area contributed by atoms with Crippen molar-refractivity contribution < 1.29 is 9.13 Å². The molecule has 2 heterocycles. The first-order chi connectivity index (χ1) is 9.56. The Morgan fingerprint density at radius 2 is 2.30 bits per heavy atom. The lowest BCUT2D eigenvalue weighted by atomic mass is 10.0. The second-order valence-corrected chi connectivity index (χ2v) is 6.10. The molecular formula is C15H18ClFN2O. The highest BCUT2D eigenvalue weighted by Crippen LogP contribution is 2.34. The van der Waals surface area contributed by atoms with E-state index in [1.807, 2.05) is 6.92 Å². The number of ether oxygens (including phenoxy) is 1. The SMILES string of the molecule is CC1CC(n2c(C(C)Cl)nc3cc(F)ccc32)CCO1. The highest BCUT2D eigenvalue weighted by atomic mass is 35.5. The number of fused-ring (bicyclic) bond motifs is 1. The van der Waals surface area contributed by atoms with Crippen LogP contribution in [0.1, 0.15) is 43.9 Å². The van der Waals surface area contributed by atoms with Gasteiger partial charge in [0.15, 0.2) is 0 Å². The molecule has 1 aliphatic heterocycles. The summed E-state index contributed by atoms with van der Waals surface area (Å²) in [6, 6.07) is 5.05. The monoisotopic (exact) mass is 296 g/mol. The maximum atomic E-state index is 13.4. The zero-order valence-corrected chi connectivity index (χ0v) is 12.4. The Morgan fingerprint density at radius 3 is 3.00 bits per heavy atom. The van der Waals surface area contributed by atoms with Gasteiger partial charge in [-0.2, -0.15) is 0 Å². The fourth-order valence-electron chi connectivity index (χ4n) is 2.96. The van der Waals surface area contributed by atoms with Crippen LogP contribution in [0.5, 0.6) is 0 Å². The minimum Gasteiger partial charge on any atom is -0.378 e. The molecule has 108 valence electrons. The average molecular weight is 297 g/mol. The third-order valence-electron chi connectivity index (χ3n) is 3.86. The third kappa shape index (κ3) is 2.42. The largest absolute Gasteiger partial charge is 0.378 e. The van der Waals surface area contributed by atoms with E-state index in [1.165, 1.54) is 12.1 Å². The Balaban J connectivity index is 2.13. The molecule has 2 aromatic rings. The average Bonchev–Trinajstić information content (AvgIpc) is 2.77. The van der Waals surface area contributed by atoms with Crippen molar-refractivity contribution in [2.24, 2.45) is 0 Å². The fourth-order valence-corrected chi connectivity index (χ4v) is 3.12. The number of nitrogens with zero attached hydrogens (tertiary/aromatic N) is 2. The quantitative estimate of drug-likeness (QED) is 0.776. The van der Waals surface area contributed by atoms with Gasteiger partial charge in [0.25, 0.3) is 0 Å². The van der Waals surface area contributed by atoms with Crippen LogP contribution in [0.3, 0.4) is 0 Å². The van der Waals surface area contributed by atoms with E-state index in [9.17, 15) is 4.39 Å². The van der Waals surface area contributed by atoms with Gasteiger partial charge < -0.3 is 9.30 Å². The predicted octanol–water partition coefficient (Wildman–Crippen LogP) is 4.22. The van der Waals surface area contributed by atoms with Crippen LogP contribution in [0.2, 0.25) is 0 Å². The first kappa shape index (κ1) is 13.8. The standard InChI is InChI=1S/C15H18ClFN2O/c1-9-7-12(5-6-20-9)19-14-4-3-11(17)8-13(14)18-15(19)10(2)16/h3-4,8-10,12H,5-7H2,1-2H3. The van der Waals surface area contributed by atoms with E-state index in [2.05, 4.69) is 16.5 Å². The van der Waals surface area contributed by atoms with Crippen molar-refractivity contribution in [3.63, 3.8) is 0 Å². The molecule has 1 aromatic heterocycles. The number of halogens is 2. The molecule has 3 atom stereocenters. The lowest BCUT2D eigenvalue weighted by Crippen LogP contribution is -2.26. The van der Waals surface area contributed by atoms with Gasteiger partial charge in [0, 0.05) is 18.7 Å². The van der Waals surface area contributed by atoms with Crippen molar-refractivity contribution in [1.29, 1.82) is 0 Å². The molecule has 1 saturated heterocycles. The van der Waals surface area contributed by atoms with Gasteiger partial charge in [-0.1, -0.05) is 0 Å². The first-order valence-electron chi connectivity index (χ1n) is 6.99. The fraction of sp³-hybridized carbons (Fsp3) is 0.533. The highest BCUT2D eigenvalue weighted by molar-refractivity contribution is 6.20. The summed E-state index contributed by atoms with van der Waals surface area (Å²) >= 11 is 6.27. The molecule has 20 heavy (non-hydrogen) atoms. The summed E-state index contributed by atoms with van der Waals surface area (Å²) < 4.78 is 21.2. The number of benzene rings is 1. The summed E-state index contributed by atoms with van der Waals surface area (Å²) in [6.07, 6.45) is 2.09. The maximum Gasteiger partial charge on any atom is 0.127 e. The Morgan fingerprint density at radius 1 is 1.50 bits per heavy atom. The Hall–Kier alpha value is -1.13. The van der Waals surface area contributed by atoms with Gasteiger partial charge >= 0.3 is 0 Å². The molecule has 0 spiro atoms. The smallest absolute Gasteiger partial charge is 0.127 e. The topological polar surface area (TPSA) is 27.1 Å². The Kier molecular flexibility index (Phi) is 3.69. The molecule has 1 fully saturated rings. The van der Waals surface area contributed by atoms with Crippen LogP contribution in [-0.4, -0.2) is 22.3 Å². The molecule has 1 aromatic carbocycles. The van der Waals surface area contributed by atoms with E-state index >= 15 is 0 Å². The summed E-state index contributed by atoms with van der Waals surface area (Å²) in [7, 11) is 0. The van der Waals surface area contributed by atoms with E-state index in [-0.39, 0.29) is 17.3 Å². The van der Waals surface area contributed by atoms with E-state index in [0.717, 1.165) is 30.8 Å². The van der Waals surface area contributed by atoms with Gasteiger partial charge in [-0.3, -0.25) is 0 Å². The van der Waals surface area contributed by atoms with Gasteiger partial charge in [-0.05, 0) is 38.8 Å². The molecule has 0 amide bonds. The maximum absolute atomic E-state index is 13.4. The number of alkyl halides is 1. The number of aromatic nitrogens is 2. The van der Waals surface area contributed by atoms with Crippen LogP contribution in [0.4, 0.5) is 4.39 Å². The van der Waals surface area contributed by atoms with Crippen LogP contribution in [0, 0.1) is 5.82 Å². The minimum atomic E-state index is -0.267. The van der Waals surface area contributed by atoms with E-state index in [1.54, 1.807) is 6.07 Å². The molecule has 3 nitrogen and oxygen atoms in total. The molecular weight excluding hydrogens is 279 g/mol. The number of hydrogen-bond acceptors (Lipinski definition) is 2.